The van der Waals surface area contributed by atoms with Crippen LogP contribution < -0.4 is 0 Å². The molecular formula is C24H28N6O2. The highest BCUT2D eigenvalue weighted by molar-refractivity contribution is 6.09. The number of hydrogen-bond acceptors (Lipinski definition) is 5. The SMILES string of the molecule is CC(c1cccc(C(=O)c2ccccc2)c1)c1nc(N=C(N(C)C)N2CCOCC2)n[nH]1. The smallest absolute Gasteiger partial charge is 0.271 e. The zero-order valence-electron chi connectivity index (χ0n) is 18.7. The first-order valence-electron chi connectivity index (χ1n) is 10.7. The fraction of sp³-hybridized carbons (Fsp3) is 0.333. The third-order valence-corrected chi connectivity index (χ3v) is 5.48. The van der Waals surface area contributed by atoms with Crippen molar-refractivity contribution in [3.05, 3.63) is 77.1 Å². The molecule has 0 aliphatic carbocycles. The van der Waals surface area contributed by atoms with Crippen LogP contribution >= 0.6 is 0 Å². The second kappa shape index (κ2) is 9.74. The summed E-state index contributed by atoms with van der Waals surface area (Å²) in [7, 11) is 3.92. The van der Waals surface area contributed by atoms with Gasteiger partial charge in [-0.2, -0.15) is 9.98 Å². The molecule has 4 rings (SSSR count). The number of aromatic nitrogens is 3. The Morgan fingerprint density at radius 3 is 2.53 bits per heavy atom. The molecule has 32 heavy (non-hydrogen) atoms. The lowest BCUT2D eigenvalue weighted by Gasteiger charge is -2.32. The van der Waals surface area contributed by atoms with E-state index in [4.69, 9.17) is 4.74 Å². The topological polar surface area (TPSA) is 86.7 Å². The summed E-state index contributed by atoms with van der Waals surface area (Å²) < 4.78 is 5.44. The summed E-state index contributed by atoms with van der Waals surface area (Å²) in [5, 5.41) is 7.33. The zero-order chi connectivity index (χ0) is 22.5. The summed E-state index contributed by atoms with van der Waals surface area (Å²) >= 11 is 0. The molecule has 0 bridgehead atoms. The molecule has 0 spiro atoms. The number of hydrogen-bond donors (Lipinski definition) is 1. The second-order valence-corrected chi connectivity index (χ2v) is 7.97. The normalized spacial score (nSPS) is 15.5. The molecule has 1 N–H and O–H groups in total. The van der Waals surface area contributed by atoms with Crippen LogP contribution in [0.1, 0.15) is 40.2 Å². The average Bonchev–Trinajstić information content (AvgIpc) is 3.31. The predicted molar refractivity (Wildman–Crippen MR) is 123 cm³/mol. The number of benzene rings is 2. The summed E-state index contributed by atoms with van der Waals surface area (Å²) in [5.41, 5.74) is 2.31. The number of morpholine rings is 1. The Hall–Kier alpha value is -3.52. The minimum atomic E-state index is -0.0684. The molecule has 3 aromatic rings. The molecule has 8 heteroatoms. The van der Waals surface area contributed by atoms with Crippen molar-refractivity contribution in [2.24, 2.45) is 4.99 Å². The van der Waals surface area contributed by atoms with Crippen LogP contribution in [0.5, 0.6) is 0 Å². The second-order valence-electron chi connectivity index (χ2n) is 7.97. The number of H-pyrrole nitrogens is 1. The van der Waals surface area contributed by atoms with Gasteiger partial charge in [0.2, 0.25) is 5.96 Å². The third-order valence-electron chi connectivity index (χ3n) is 5.48. The summed E-state index contributed by atoms with van der Waals surface area (Å²) in [6.07, 6.45) is 0. The number of rotatable bonds is 5. The van der Waals surface area contributed by atoms with E-state index < -0.39 is 0 Å². The highest BCUT2D eigenvalue weighted by atomic mass is 16.5. The van der Waals surface area contributed by atoms with E-state index in [-0.39, 0.29) is 11.7 Å². The molecule has 1 fully saturated rings. The van der Waals surface area contributed by atoms with Crippen molar-refractivity contribution in [2.45, 2.75) is 12.8 Å². The Labute approximate surface area is 187 Å². The largest absolute Gasteiger partial charge is 0.378 e. The Balaban J connectivity index is 1.55. The lowest BCUT2D eigenvalue weighted by molar-refractivity contribution is 0.0638. The van der Waals surface area contributed by atoms with Crippen LogP contribution in [-0.2, 0) is 4.74 Å². The van der Waals surface area contributed by atoms with Crippen molar-refractivity contribution in [3.8, 4) is 0 Å². The van der Waals surface area contributed by atoms with E-state index >= 15 is 0 Å². The number of aromatic amines is 1. The molecule has 1 aromatic heterocycles. The minimum Gasteiger partial charge on any atom is -0.378 e. The molecule has 166 valence electrons. The van der Waals surface area contributed by atoms with Gasteiger partial charge in [-0.05, 0) is 11.6 Å². The average molecular weight is 433 g/mol. The van der Waals surface area contributed by atoms with Crippen LogP contribution in [0.15, 0.2) is 59.6 Å². The monoisotopic (exact) mass is 432 g/mol. The Morgan fingerprint density at radius 2 is 1.81 bits per heavy atom. The molecule has 0 saturated carbocycles. The predicted octanol–water partition coefficient (Wildman–Crippen LogP) is 3.07. The van der Waals surface area contributed by atoms with E-state index in [1.165, 1.54) is 0 Å². The molecule has 1 aliphatic heterocycles. The van der Waals surface area contributed by atoms with E-state index in [1.807, 2.05) is 80.5 Å². The van der Waals surface area contributed by atoms with Crippen molar-refractivity contribution >= 4 is 17.7 Å². The Bertz CT molecular complexity index is 1090. The summed E-state index contributed by atoms with van der Waals surface area (Å²) in [6, 6.07) is 17.0. The fourth-order valence-corrected chi connectivity index (χ4v) is 3.68. The molecule has 2 aromatic carbocycles. The molecule has 1 aliphatic rings. The number of ketones is 1. The van der Waals surface area contributed by atoms with Crippen molar-refractivity contribution < 1.29 is 9.53 Å². The first-order valence-corrected chi connectivity index (χ1v) is 10.7. The van der Waals surface area contributed by atoms with Crippen LogP contribution in [0.4, 0.5) is 5.95 Å². The summed E-state index contributed by atoms with van der Waals surface area (Å²) in [4.78, 5) is 26.2. The molecule has 0 amide bonds. The van der Waals surface area contributed by atoms with Crippen LogP contribution in [0.3, 0.4) is 0 Å². The first kappa shape index (κ1) is 21.7. The van der Waals surface area contributed by atoms with E-state index in [1.54, 1.807) is 0 Å². The van der Waals surface area contributed by atoms with Crippen LogP contribution in [0.2, 0.25) is 0 Å². The third kappa shape index (κ3) is 4.86. The van der Waals surface area contributed by atoms with E-state index in [0.717, 1.165) is 24.6 Å². The van der Waals surface area contributed by atoms with E-state index in [9.17, 15) is 4.79 Å². The van der Waals surface area contributed by atoms with Gasteiger partial charge in [-0.1, -0.05) is 55.5 Å². The molecule has 1 saturated heterocycles. The molecule has 2 heterocycles. The maximum absolute atomic E-state index is 12.8. The number of carbonyl (C=O) groups is 1. The Kier molecular flexibility index (Phi) is 6.61. The maximum Gasteiger partial charge on any atom is 0.271 e. The lowest BCUT2D eigenvalue weighted by atomic mass is 9.95. The number of carbonyl (C=O) groups excluding carboxylic acids is 1. The Morgan fingerprint density at radius 1 is 1.09 bits per heavy atom. The number of nitrogens with one attached hydrogen (secondary N) is 1. The van der Waals surface area contributed by atoms with Gasteiger partial charge in [0.05, 0.1) is 13.2 Å². The fourth-order valence-electron chi connectivity index (χ4n) is 3.68. The maximum atomic E-state index is 12.8. The van der Waals surface area contributed by atoms with Crippen molar-refractivity contribution in [1.82, 2.24) is 25.0 Å². The number of nitrogens with zero attached hydrogens (tertiary/aromatic N) is 5. The van der Waals surface area contributed by atoms with Gasteiger partial charge in [-0.3, -0.25) is 9.89 Å². The van der Waals surface area contributed by atoms with Gasteiger partial charge in [0, 0.05) is 44.2 Å². The van der Waals surface area contributed by atoms with Gasteiger partial charge >= 0.3 is 0 Å². The van der Waals surface area contributed by atoms with Crippen molar-refractivity contribution in [2.75, 3.05) is 40.4 Å². The van der Waals surface area contributed by atoms with Crippen LogP contribution in [0.25, 0.3) is 0 Å². The zero-order valence-corrected chi connectivity index (χ0v) is 18.7. The summed E-state index contributed by atoms with van der Waals surface area (Å²) in [5.74, 6) is 1.83. The van der Waals surface area contributed by atoms with Gasteiger partial charge < -0.3 is 14.5 Å². The lowest BCUT2D eigenvalue weighted by Crippen LogP contribution is -2.46. The van der Waals surface area contributed by atoms with Crippen LogP contribution in [0, 0.1) is 0 Å². The van der Waals surface area contributed by atoms with Gasteiger partial charge in [0.15, 0.2) is 5.78 Å². The van der Waals surface area contributed by atoms with Gasteiger partial charge in [-0.25, -0.2) is 0 Å². The highest BCUT2D eigenvalue weighted by Gasteiger charge is 2.20. The van der Waals surface area contributed by atoms with Crippen LogP contribution in [-0.4, -0.2) is 77.1 Å². The first-order chi connectivity index (χ1) is 15.5. The standard InChI is InChI=1S/C24H28N6O2/c1-17(19-10-7-11-20(16-19)21(31)18-8-5-4-6-9-18)22-25-23(28-27-22)26-24(29(2)3)30-12-14-32-15-13-30/h4-11,16-17H,12-15H2,1-3H3,(H,25,27,28). The molecule has 1 atom stereocenters. The van der Waals surface area contributed by atoms with Gasteiger partial charge in [0.1, 0.15) is 5.82 Å². The number of ether oxygens (including phenoxy) is 1. The highest BCUT2D eigenvalue weighted by Crippen LogP contribution is 2.24. The van der Waals surface area contributed by atoms with Gasteiger partial charge in [0.25, 0.3) is 5.95 Å². The van der Waals surface area contributed by atoms with Crippen molar-refractivity contribution in [1.29, 1.82) is 0 Å². The quantitative estimate of drug-likeness (QED) is 0.379. The van der Waals surface area contributed by atoms with E-state index in [2.05, 4.69) is 25.1 Å². The van der Waals surface area contributed by atoms with Gasteiger partial charge in [-0.15, -0.1) is 5.10 Å². The van der Waals surface area contributed by atoms with Crippen molar-refractivity contribution in [3.63, 3.8) is 0 Å². The van der Waals surface area contributed by atoms with E-state index in [0.29, 0.717) is 36.1 Å². The molecule has 1 unspecified atom stereocenters. The molecular weight excluding hydrogens is 404 g/mol. The molecule has 0 radical (unpaired) electrons. The minimum absolute atomic E-state index is 0.00337. The molecule has 8 nitrogen and oxygen atoms in total. The summed E-state index contributed by atoms with van der Waals surface area (Å²) in [6.45, 7) is 4.97. The number of aliphatic imine (C=N–C) groups is 1. The number of guanidine groups is 1.